The third-order valence-corrected chi connectivity index (χ3v) is 3.49. The molecule has 0 aliphatic rings. The van der Waals surface area contributed by atoms with Gasteiger partial charge in [0.25, 0.3) is 0 Å². The first-order valence-electron chi connectivity index (χ1n) is 5.63. The quantitative estimate of drug-likeness (QED) is 0.879. The number of nitrogen functional groups attached to an aromatic ring is 1. The number of carbonyl (C=O) groups is 1. The fourth-order valence-electron chi connectivity index (χ4n) is 1.77. The van der Waals surface area contributed by atoms with Crippen LogP contribution in [0.5, 0.6) is 5.75 Å². The molecule has 96 valence electrons. The standard InChI is InChI=1S/C12H15N3O2S/c1-3-14-10(16)5-7-4-8(17-2)6-9-11(7)18-12(13)15-9/h4,6H,3,5H2,1-2H3,(H2,13,15)(H,14,16). The van der Waals surface area contributed by atoms with Crippen molar-refractivity contribution < 1.29 is 9.53 Å². The maximum atomic E-state index is 11.7. The van der Waals surface area contributed by atoms with Crippen LogP contribution >= 0.6 is 11.3 Å². The molecule has 5 nitrogen and oxygen atoms in total. The van der Waals surface area contributed by atoms with Crippen LogP contribution in [0.3, 0.4) is 0 Å². The van der Waals surface area contributed by atoms with Crippen molar-refractivity contribution in [2.24, 2.45) is 0 Å². The van der Waals surface area contributed by atoms with E-state index in [1.54, 1.807) is 7.11 Å². The predicted molar refractivity (Wildman–Crippen MR) is 73.0 cm³/mol. The number of fused-ring (bicyclic) bond motifs is 1. The van der Waals surface area contributed by atoms with Gasteiger partial charge in [0.05, 0.1) is 23.7 Å². The fraction of sp³-hybridized carbons (Fsp3) is 0.333. The molecule has 18 heavy (non-hydrogen) atoms. The molecule has 0 spiro atoms. The van der Waals surface area contributed by atoms with E-state index in [0.29, 0.717) is 23.8 Å². The van der Waals surface area contributed by atoms with Crippen molar-refractivity contribution in [2.75, 3.05) is 19.4 Å². The predicted octanol–water partition coefficient (Wildman–Crippen LogP) is 1.57. The van der Waals surface area contributed by atoms with Crippen molar-refractivity contribution >= 4 is 32.6 Å². The number of rotatable bonds is 4. The minimum absolute atomic E-state index is 0.0148. The van der Waals surface area contributed by atoms with Crippen molar-refractivity contribution in [3.05, 3.63) is 17.7 Å². The van der Waals surface area contributed by atoms with E-state index >= 15 is 0 Å². The number of nitrogens with two attached hydrogens (primary N) is 1. The third kappa shape index (κ3) is 2.53. The Morgan fingerprint density at radius 2 is 2.33 bits per heavy atom. The second-order valence-corrected chi connectivity index (χ2v) is 4.85. The van der Waals surface area contributed by atoms with Gasteiger partial charge in [-0.1, -0.05) is 11.3 Å². The third-order valence-electron chi connectivity index (χ3n) is 2.52. The number of nitrogens with one attached hydrogen (secondary N) is 1. The molecule has 0 saturated carbocycles. The summed E-state index contributed by atoms with van der Waals surface area (Å²) in [7, 11) is 1.59. The van der Waals surface area contributed by atoms with Gasteiger partial charge in [-0.25, -0.2) is 4.98 Å². The largest absolute Gasteiger partial charge is 0.497 e. The highest BCUT2D eigenvalue weighted by atomic mass is 32.1. The number of ether oxygens (including phenoxy) is 1. The van der Waals surface area contributed by atoms with Crippen molar-refractivity contribution in [1.29, 1.82) is 0 Å². The van der Waals surface area contributed by atoms with Crippen LogP contribution in [0.1, 0.15) is 12.5 Å². The molecule has 0 aliphatic heterocycles. The Morgan fingerprint density at radius 3 is 3.00 bits per heavy atom. The minimum atomic E-state index is -0.0148. The molecule has 0 aliphatic carbocycles. The van der Waals surface area contributed by atoms with Crippen LogP contribution in [0.2, 0.25) is 0 Å². The van der Waals surface area contributed by atoms with E-state index in [0.717, 1.165) is 15.8 Å². The molecule has 0 bridgehead atoms. The molecular formula is C12H15N3O2S. The number of aromatic nitrogens is 1. The van der Waals surface area contributed by atoms with Crippen molar-refractivity contribution in [3.8, 4) is 5.75 Å². The van der Waals surface area contributed by atoms with E-state index < -0.39 is 0 Å². The van der Waals surface area contributed by atoms with Gasteiger partial charge in [-0.2, -0.15) is 0 Å². The summed E-state index contributed by atoms with van der Waals surface area (Å²) in [6.45, 7) is 2.51. The van der Waals surface area contributed by atoms with Crippen molar-refractivity contribution in [1.82, 2.24) is 10.3 Å². The molecule has 3 N–H and O–H groups in total. The molecule has 2 aromatic rings. The molecule has 1 aromatic heterocycles. The molecular weight excluding hydrogens is 250 g/mol. The molecule has 0 saturated heterocycles. The van der Waals surface area contributed by atoms with Gasteiger partial charge >= 0.3 is 0 Å². The summed E-state index contributed by atoms with van der Waals surface area (Å²) in [6.07, 6.45) is 0.309. The summed E-state index contributed by atoms with van der Waals surface area (Å²) >= 11 is 1.39. The summed E-state index contributed by atoms with van der Waals surface area (Å²) in [5.41, 5.74) is 7.37. The molecule has 0 unspecified atom stereocenters. The Hall–Kier alpha value is -1.82. The summed E-state index contributed by atoms with van der Waals surface area (Å²) in [5.74, 6) is 0.672. The Balaban J connectivity index is 2.43. The maximum absolute atomic E-state index is 11.7. The molecule has 6 heteroatoms. The van der Waals surface area contributed by atoms with E-state index in [1.807, 2.05) is 19.1 Å². The van der Waals surface area contributed by atoms with E-state index in [-0.39, 0.29) is 5.91 Å². The minimum Gasteiger partial charge on any atom is -0.497 e. The Bertz CT molecular complexity index is 580. The molecule has 0 fully saturated rings. The maximum Gasteiger partial charge on any atom is 0.224 e. The molecule has 1 aromatic carbocycles. The van der Waals surface area contributed by atoms with Gasteiger partial charge in [0.1, 0.15) is 5.75 Å². The summed E-state index contributed by atoms with van der Waals surface area (Å²) in [5, 5.41) is 3.27. The Labute approximate surface area is 109 Å². The fourth-order valence-corrected chi connectivity index (χ4v) is 2.60. The first-order valence-corrected chi connectivity index (χ1v) is 6.45. The van der Waals surface area contributed by atoms with Crippen LogP contribution in [-0.2, 0) is 11.2 Å². The number of methoxy groups -OCH3 is 1. The smallest absolute Gasteiger partial charge is 0.224 e. The monoisotopic (exact) mass is 265 g/mol. The number of thiazole rings is 1. The van der Waals surface area contributed by atoms with Crippen molar-refractivity contribution in [3.63, 3.8) is 0 Å². The first kappa shape index (κ1) is 12.6. The van der Waals surface area contributed by atoms with Crippen LogP contribution < -0.4 is 15.8 Å². The van der Waals surface area contributed by atoms with Crippen LogP contribution in [-0.4, -0.2) is 24.5 Å². The molecule has 1 heterocycles. The zero-order chi connectivity index (χ0) is 13.1. The van der Waals surface area contributed by atoms with E-state index in [2.05, 4.69) is 10.3 Å². The molecule has 2 rings (SSSR count). The number of anilines is 1. The first-order chi connectivity index (χ1) is 8.63. The lowest BCUT2D eigenvalue weighted by Gasteiger charge is -2.06. The number of amides is 1. The average molecular weight is 265 g/mol. The summed E-state index contributed by atoms with van der Waals surface area (Å²) in [4.78, 5) is 15.9. The van der Waals surface area contributed by atoms with Gasteiger partial charge in [0.2, 0.25) is 5.91 Å². The molecule has 0 atom stereocenters. The van der Waals surface area contributed by atoms with Crippen LogP contribution in [0.15, 0.2) is 12.1 Å². The number of nitrogens with zero attached hydrogens (tertiary/aromatic N) is 1. The lowest BCUT2D eigenvalue weighted by atomic mass is 10.1. The van der Waals surface area contributed by atoms with E-state index in [4.69, 9.17) is 10.5 Å². The lowest BCUT2D eigenvalue weighted by Crippen LogP contribution is -2.24. The van der Waals surface area contributed by atoms with Crippen LogP contribution in [0.4, 0.5) is 5.13 Å². The number of benzene rings is 1. The zero-order valence-electron chi connectivity index (χ0n) is 10.3. The van der Waals surface area contributed by atoms with Gasteiger partial charge in [-0.05, 0) is 18.6 Å². The van der Waals surface area contributed by atoms with E-state index in [1.165, 1.54) is 11.3 Å². The molecule has 0 radical (unpaired) electrons. The van der Waals surface area contributed by atoms with Gasteiger partial charge in [0.15, 0.2) is 5.13 Å². The Morgan fingerprint density at radius 1 is 1.56 bits per heavy atom. The highest BCUT2D eigenvalue weighted by Crippen LogP contribution is 2.31. The number of hydrogen-bond acceptors (Lipinski definition) is 5. The topological polar surface area (TPSA) is 77.2 Å². The lowest BCUT2D eigenvalue weighted by molar-refractivity contribution is -0.120. The average Bonchev–Trinajstić information content (AvgIpc) is 2.69. The van der Waals surface area contributed by atoms with E-state index in [9.17, 15) is 4.79 Å². The molecule has 1 amide bonds. The second kappa shape index (κ2) is 5.22. The van der Waals surface area contributed by atoms with Crippen LogP contribution in [0, 0.1) is 0 Å². The Kier molecular flexibility index (Phi) is 3.66. The van der Waals surface area contributed by atoms with Crippen molar-refractivity contribution in [2.45, 2.75) is 13.3 Å². The van der Waals surface area contributed by atoms with Gasteiger partial charge in [0, 0.05) is 12.6 Å². The second-order valence-electron chi connectivity index (χ2n) is 3.82. The zero-order valence-corrected chi connectivity index (χ0v) is 11.1. The number of hydrogen-bond donors (Lipinski definition) is 2. The SMILES string of the molecule is CCNC(=O)Cc1cc(OC)cc2nc(N)sc12. The van der Waals surface area contributed by atoms with Gasteiger partial charge in [-0.3, -0.25) is 4.79 Å². The number of likely N-dealkylation sites (N-methyl/N-ethyl adjacent to an activating group) is 1. The highest BCUT2D eigenvalue weighted by Gasteiger charge is 2.12. The highest BCUT2D eigenvalue weighted by molar-refractivity contribution is 7.22. The normalized spacial score (nSPS) is 10.6. The number of carbonyl (C=O) groups excluding carboxylic acids is 1. The summed E-state index contributed by atoms with van der Waals surface area (Å²) in [6, 6.07) is 3.68. The summed E-state index contributed by atoms with van der Waals surface area (Å²) < 4.78 is 6.15. The van der Waals surface area contributed by atoms with Crippen LogP contribution in [0.25, 0.3) is 10.2 Å². The van der Waals surface area contributed by atoms with Gasteiger partial charge in [-0.15, -0.1) is 0 Å². The van der Waals surface area contributed by atoms with Gasteiger partial charge < -0.3 is 15.8 Å².